The van der Waals surface area contributed by atoms with E-state index in [2.05, 4.69) is 0 Å². The summed E-state index contributed by atoms with van der Waals surface area (Å²) in [6, 6.07) is 0. The monoisotopic (exact) mass is 346 g/mol. The Morgan fingerprint density at radius 2 is 1.15 bits per heavy atom. The second-order valence-electron chi connectivity index (χ2n) is 2.04. The number of hydrogen-bond acceptors (Lipinski definition) is 1. The molecule has 0 saturated carbocycles. The highest BCUT2D eigenvalue weighted by atomic mass is 35.6. The number of alkyl halides is 8. The third-order valence-corrected chi connectivity index (χ3v) is 5.66. The van der Waals surface area contributed by atoms with Crippen LogP contribution in [-0.2, 0) is 0 Å². The Balaban J connectivity index is 5.04. The summed E-state index contributed by atoms with van der Waals surface area (Å²) in [6.07, 6.45) is 0. The zero-order valence-electron chi connectivity index (χ0n) is 5.55. The van der Waals surface area contributed by atoms with Gasteiger partial charge in [-0.15, -0.1) is 23.2 Å². The first-order chi connectivity index (χ1) is 5.44. The van der Waals surface area contributed by atoms with Crippen LogP contribution in [-0.4, -0.2) is 23.1 Å². The van der Waals surface area contributed by atoms with Gasteiger partial charge in [-0.2, -0.15) is 0 Å². The van der Waals surface area contributed by atoms with Gasteiger partial charge in [-0.25, -0.2) is 0 Å². The van der Waals surface area contributed by atoms with Crippen LogP contribution in [0.15, 0.2) is 0 Å². The molecule has 1 N–H and O–H groups in total. The van der Waals surface area contributed by atoms with Crippen LogP contribution in [0.5, 0.6) is 0 Å². The van der Waals surface area contributed by atoms with Gasteiger partial charge >= 0.3 is 0 Å². The molecule has 0 bridgehead atoms. The predicted molar refractivity (Wildman–Crippen MR) is 61.0 cm³/mol. The quantitative estimate of drug-likeness (QED) is 0.755. The Morgan fingerprint density at radius 3 is 1.23 bits per heavy atom. The summed E-state index contributed by atoms with van der Waals surface area (Å²) in [5.74, 6) is 0. The first kappa shape index (κ1) is 15.3. The fourth-order valence-corrected chi connectivity index (χ4v) is 1.87. The number of halogens is 8. The van der Waals surface area contributed by atoms with Crippen LogP contribution < -0.4 is 0 Å². The number of aliphatic hydroxyl groups is 1. The van der Waals surface area contributed by atoms with Crippen molar-refractivity contribution < 1.29 is 5.11 Å². The van der Waals surface area contributed by atoms with E-state index in [4.69, 9.17) is 97.9 Å². The van der Waals surface area contributed by atoms with Gasteiger partial charge in [0.15, 0.2) is 4.33 Å². The molecule has 1 nitrogen and oxygen atoms in total. The molecule has 0 aromatic rings. The predicted octanol–water partition coefficient (Wildman–Crippen LogP) is 4.26. The van der Waals surface area contributed by atoms with Crippen molar-refractivity contribution in [3.8, 4) is 0 Å². The summed E-state index contributed by atoms with van der Waals surface area (Å²) < 4.78 is -7.07. The fourth-order valence-electron chi connectivity index (χ4n) is 0.338. The van der Waals surface area contributed by atoms with Gasteiger partial charge in [-0.1, -0.05) is 69.6 Å². The average molecular weight is 350 g/mol. The molecule has 0 aromatic carbocycles. The van der Waals surface area contributed by atoms with Gasteiger partial charge in [0, 0.05) is 0 Å². The number of rotatable bonds is 3. The minimum atomic E-state index is -2.60. The molecule has 13 heavy (non-hydrogen) atoms. The Morgan fingerprint density at radius 1 is 0.846 bits per heavy atom. The zero-order valence-corrected chi connectivity index (χ0v) is 11.6. The first-order valence-electron chi connectivity index (χ1n) is 2.58. The summed E-state index contributed by atoms with van der Waals surface area (Å²) >= 11 is 43.3. The van der Waals surface area contributed by atoms with Crippen molar-refractivity contribution in [1.82, 2.24) is 0 Å². The minimum absolute atomic E-state index is 1.39. The van der Waals surface area contributed by atoms with Crippen LogP contribution in [0.4, 0.5) is 0 Å². The third kappa shape index (κ3) is 3.12. The van der Waals surface area contributed by atoms with Crippen LogP contribution in [0, 0.1) is 0 Å². The SMILES string of the molecule is OC(Cl)(Cl)C(Cl)(Cl)C(Cl)(Cl)C(Cl)Cl. The summed E-state index contributed by atoms with van der Waals surface area (Å²) in [5, 5.41) is 9.11. The topological polar surface area (TPSA) is 20.2 Å². The van der Waals surface area contributed by atoms with Crippen LogP contribution in [0.3, 0.4) is 0 Å². The molecule has 0 aliphatic rings. The normalized spacial score (nSPS) is 15.2. The van der Waals surface area contributed by atoms with E-state index in [9.17, 15) is 0 Å². The van der Waals surface area contributed by atoms with Crippen molar-refractivity contribution in [2.24, 2.45) is 0 Å². The first-order valence-corrected chi connectivity index (χ1v) is 5.72. The molecule has 0 atom stereocenters. The smallest absolute Gasteiger partial charge is 0.251 e. The highest BCUT2D eigenvalue weighted by Crippen LogP contribution is 2.56. The molecule has 0 saturated heterocycles. The van der Waals surface area contributed by atoms with Gasteiger partial charge in [-0.3, -0.25) is 0 Å². The maximum atomic E-state index is 9.11. The van der Waals surface area contributed by atoms with Crippen molar-refractivity contribution >= 4 is 92.8 Å². The van der Waals surface area contributed by atoms with Gasteiger partial charge < -0.3 is 5.11 Å². The van der Waals surface area contributed by atoms with Gasteiger partial charge in [0.05, 0.1) is 0 Å². The van der Waals surface area contributed by atoms with E-state index < -0.39 is 18.0 Å². The summed E-state index contributed by atoms with van der Waals surface area (Å²) in [6.45, 7) is 0. The second-order valence-corrected chi connectivity index (χ2v) is 7.14. The molecule has 0 heterocycles. The van der Waals surface area contributed by atoms with Gasteiger partial charge in [0.25, 0.3) is 4.52 Å². The van der Waals surface area contributed by atoms with Crippen molar-refractivity contribution in [3.05, 3.63) is 0 Å². The summed E-state index contributed by atoms with van der Waals surface area (Å²) in [7, 11) is 0. The van der Waals surface area contributed by atoms with Gasteiger partial charge in [0.1, 0.15) is 4.84 Å². The van der Waals surface area contributed by atoms with E-state index in [-0.39, 0.29) is 0 Å². The third-order valence-electron chi connectivity index (χ3n) is 1.07. The molecule has 0 radical (unpaired) electrons. The van der Waals surface area contributed by atoms with Crippen LogP contribution in [0.25, 0.3) is 0 Å². The minimum Gasteiger partial charge on any atom is -0.360 e. The van der Waals surface area contributed by atoms with E-state index in [1.54, 1.807) is 0 Å². The van der Waals surface area contributed by atoms with Crippen molar-refractivity contribution in [1.29, 1.82) is 0 Å². The molecule has 0 aliphatic heterocycles. The highest BCUT2D eigenvalue weighted by molar-refractivity contribution is 6.72. The molecule has 0 unspecified atom stereocenters. The van der Waals surface area contributed by atoms with E-state index in [0.717, 1.165) is 0 Å². The van der Waals surface area contributed by atoms with Crippen molar-refractivity contribution in [3.63, 3.8) is 0 Å². The molecule has 80 valence electrons. The van der Waals surface area contributed by atoms with E-state index in [1.807, 2.05) is 0 Å². The van der Waals surface area contributed by atoms with Gasteiger partial charge in [0.2, 0.25) is 4.33 Å². The lowest BCUT2D eigenvalue weighted by molar-refractivity contribution is 0.188. The molecule has 0 fully saturated rings. The Labute approximate surface area is 115 Å². The van der Waals surface area contributed by atoms with E-state index in [0.29, 0.717) is 0 Å². The lowest BCUT2D eigenvalue weighted by atomic mass is 10.3. The average Bonchev–Trinajstić information content (AvgIpc) is 1.84. The van der Waals surface area contributed by atoms with Crippen LogP contribution in [0.1, 0.15) is 0 Å². The lowest BCUT2D eigenvalue weighted by Gasteiger charge is -2.38. The molecule has 0 amide bonds. The Kier molecular flexibility index (Phi) is 5.46. The van der Waals surface area contributed by atoms with Crippen LogP contribution >= 0.6 is 92.8 Å². The van der Waals surface area contributed by atoms with E-state index in [1.165, 1.54) is 0 Å². The lowest BCUT2D eigenvalue weighted by Crippen LogP contribution is -2.52. The Hall–Kier alpha value is 2.28. The maximum Gasteiger partial charge on any atom is 0.251 e. The maximum absolute atomic E-state index is 9.11. The standard InChI is InChI=1S/C4H2Cl8O/c5-1(6)2(7,8)3(9,10)4(11,12)13/h1,13H. The highest BCUT2D eigenvalue weighted by Gasteiger charge is 2.62. The van der Waals surface area contributed by atoms with E-state index >= 15 is 0 Å². The van der Waals surface area contributed by atoms with Crippen molar-refractivity contribution in [2.45, 2.75) is 18.0 Å². The fraction of sp³-hybridized carbons (Fsp3) is 1.00. The summed E-state index contributed by atoms with van der Waals surface area (Å²) in [5.41, 5.74) is 0. The molecular formula is C4H2Cl8O. The van der Waals surface area contributed by atoms with Gasteiger partial charge in [-0.05, 0) is 0 Å². The number of hydrogen-bond donors (Lipinski definition) is 1. The molecule has 0 spiro atoms. The molecular weight excluding hydrogens is 348 g/mol. The molecule has 0 aromatic heterocycles. The molecule has 0 aliphatic carbocycles. The molecule has 0 rings (SSSR count). The van der Waals surface area contributed by atoms with Crippen molar-refractivity contribution in [2.75, 3.05) is 0 Å². The largest absolute Gasteiger partial charge is 0.360 e. The second kappa shape index (κ2) is 4.65. The Bertz CT molecular complexity index is 181. The van der Waals surface area contributed by atoms with Crippen LogP contribution in [0.2, 0.25) is 0 Å². The summed E-state index contributed by atoms with van der Waals surface area (Å²) in [4.78, 5) is -1.39. The molecule has 9 heteroatoms. The zero-order chi connectivity index (χ0) is 11.1.